The van der Waals surface area contributed by atoms with Crippen LogP contribution < -0.4 is 0 Å². The summed E-state index contributed by atoms with van der Waals surface area (Å²) in [5, 5.41) is 18.4. The van der Waals surface area contributed by atoms with E-state index in [1.807, 2.05) is 18.2 Å². The number of rotatable bonds is 7. The quantitative estimate of drug-likeness (QED) is 0.829. The second kappa shape index (κ2) is 9.41. The highest BCUT2D eigenvalue weighted by atomic mass is 16.3. The van der Waals surface area contributed by atoms with Crippen molar-refractivity contribution in [3.05, 3.63) is 35.9 Å². The van der Waals surface area contributed by atoms with E-state index in [2.05, 4.69) is 23.1 Å². The Bertz CT molecular complexity index is 555. The van der Waals surface area contributed by atoms with E-state index < -0.39 is 0 Å². The molecule has 1 heterocycles. The van der Waals surface area contributed by atoms with Gasteiger partial charge in [-0.05, 0) is 24.4 Å². The number of benzene rings is 1. The Kier molecular flexibility index (Phi) is 7.23. The van der Waals surface area contributed by atoms with Crippen LogP contribution >= 0.6 is 0 Å². The van der Waals surface area contributed by atoms with Crippen molar-refractivity contribution in [3.8, 4) is 6.07 Å². The van der Waals surface area contributed by atoms with Gasteiger partial charge in [-0.2, -0.15) is 5.26 Å². The molecule has 1 aromatic carbocycles. The summed E-state index contributed by atoms with van der Waals surface area (Å²) in [6.45, 7) is 3.15. The molecular formula is C19H27N3O2. The first-order valence-corrected chi connectivity index (χ1v) is 8.64. The van der Waals surface area contributed by atoms with Gasteiger partial charge in [-0.3, -0.25) is 4.79 Å². The summed E-state index contributed by atoms with van der Waals surface area (Å²) in [5.41, 5.74) is 1.29. The Morgan fingerprint density at radius 3 is 2.83 bits per heavy atom. The van der Waals surface area contributed by atoms with E-state index in [0.29, 0.717) is 31.8 Å². The van der Waals surface area contributed by atoms with E-state index in [4.69, 9.17) is 5.26 Å². The molecule has 0 unspecified atom stereocenters. The molecular weight excluding hydrogens is 302 g/mol. The number of hydrogen-bond acceptors (Lipinski definition) is 4. The third kappa shape index (κ3) is 5.05. The molecule has 1 amide bonds. The summed E-state index contributed by atoms with van der Waals surface area (Å²) in [4.78, 5) is 16.0. The van der Waals surface area contributed by atoms with Gasteiger partial charge in [0.05, 0.1) is 12.5 Å². The van der Waals surface area contributed by atoms with Crippen molar-refractivity contribution in [3.63, 3.8) is 0 Å². The first-order chi connectivity index (χ1) is 11.7. The van der Waals surface area contributed by atoms with Gasteiger partial charge < -0.3 is 14.9 Å². The number of nitriles is 1. The molecule has 0 spiro atoms. The van der Waals surface area contributed by atoms with Crippen molar-refractivity contribution < 1.29 is 9.90 Å². The van der Waals surface area contributed by atoms with Gasteiger partial charge in [0.1, 0.15) is 0 Å². The first kappa shape index (κ1) is 18.4. The lowest BCUT2D eigenvalue weighted by atomic mass is 9.81. The first-order valence-electron chi connectivity index (χ1n) is 8.64. The Balaban J connectivity index is 1.83. The molecule has 1 aliphatic rings. The third-order valence-electron chi connectivity index (χ3n) is 4.91. The summed E-state index contributed by atoms with van der Waals surface area (Å²) in [7, 11) is 1.75. The molecule has 5 heteroatoms. The molecule has 0 aliphatic carbocycles. The Hall–Kier alpha value is -1.90. The lowest BCUT2D eigenvalue weighted by Crippen LogP contribution is -2.42. The Labute approximate surface area is 144 Å². The lowest BCUT2D eigenvalue weighted by Gasteiger charge is -2.38. The maximum Gasteiger partial charge on any atom is 0.223 e. The molecule has 1 aliphatic heterocycles. The minimum atomic E-state index is 0.0796. The van der Waals surface area contributed by atoms with Crippen LogP contribution in [-0.2, 0) is 4.79 Å². The summed E-state index contributed by atoms with van der Waals surface area (Å²) in [5.74, 6) is 0.685. The van der Waals surface area contributed by atoms with Crippen molar-refractivity contribution in [2.45, 2.75) is 25.2 Å². The second-order valence-corrected chi connectivity index (χ2v) is 6.52. The molecule has 0 saturated carbocycles. The molecule has 0 aromatic heterocycles. The molecule has 2 atom stereocenters. The SMILES string of the molecule is CN(CCC#N)C(=O)CCN1CC[C@@H](c2ccccc2)[C@@H](CO)C1. The highest BCUT2D eigenvalue weighted by Gasteiger charge is 2.29. The fourth-order valence-corrected chi connectivity index (χ4v) is 3.42. The zero-order chi connectivity index (χ0) is 17.4. The Morgan fingerprint density at radius 1 is 1.42 bits per heavy atom. The molecule has 1 saturated heterocycles. The van der Waals surface area contributed by atoms with Gasteiger partial charge in [-0.1, -0.05) is 30.3 Å². The Morgan fingerprint density at radius 2 is 2.17 bits per heavy atom. The van der Waals surface area contributed by atoms with Gasteiger partial charge >= 0.3 is 0 Å². The highest BCUT2D eigenvalue weighted by Crippen LogP contribution is 2.32. The van der Waals surface area contributed by atoms with E-state index in [1.54, 1.807) is 11.9 Å². The smallest absolute Gasteiger partial charge is 0.223 e. The highest BCUT2D eigenvalue weighted by molar-refractivity contribution is 5.76. The van der Waals surface area contributed by atoms with Crippen LogP contribution in [0.25, 0.3) is 0 Å². The lowest BCUT2D eigenvalue weighted by molar-refractivity contribution is -0.130. The summed E-state index contributed by atoms with van der Waals surface area (Å²) in [6, 6.07) is 12.4. The van der Waals surface area contributed by atoms with Gasteiger partial charge in [-0.15, -0.1) is 0 Å². The number of carbonyl (C=O) groups is 1. The van der Waals surface area contributed by atoms with Crippen LogP contribution in [0.1, 0.15) is 30.7 Å². The molecule has 5 nitrogen and oxygen atoms in total. The molecule has 0 radical (unpaired) electrons. The number of likely N-dealkylation sites (tertiary alicyclic amines) is 1. The average Bonchev–Trinajstić information content (AvgIpc) is 2.64. The van der Waals surface area contributed by atoms with Crippen molar-refractivity contribution >= 4 is 5.91 Å². The van der Waals surface area contributed by atoms with Gasteiger partial charge in [0.15, 0.2) is 0 Å². The molecule has 1 fully saturated rings. The number of aliphatic hydroxyl groups is 1. The molecule has 24 heavy (non-hydrogen) atoms. The van der Waals surface area contributed by atoms with Crippen molar-refractivity contribution in [1.29, 1.82) is 5.26 Å². The van der Waals surface area contributed by atoms with Crippen molar-refractivity contribution in [2.24, 2.45) is 5.92 Å². The number of nitrogens with zero attached hydrogens (tertiary/aromatic N) is 3. The molecule has 130 valence electrons. The summed E-state index contributed by atoms with van der Waals surface area (Å²) < 4.78 is 0. The minimum Gasteiger partial charge on any atom is -0.396 e. The molecule has 1 N–H and O–H groups in total. The number of amides is 1. The standard InChI is InChI=1S/C19H27N3O2/c1-21(11-5-10-20)19(24)9-13-22-12-8-18(17(14-22)15-23)16-6-3-2-4-7-16/h2-4,6-7,17-18,23H,5,8-9,11-15H2,1H3/t17-,18+/m1/s1. The van der Waals surface area contributed by atoms with E-state index in [1.165, 1.54) is 5.56 Å². The number of hydrogen-bond donors (Lipinski definition) is 1. The topological polar surface area (TPSA) is 67.6 Å². The van der Waals surface area contributed by atoms with Crippen LogP contribution in [0.3, 0.4) is 0 Å². The van der Waals surface area contributed by atoms with E-state index in [-0.39, 0.29) is 18.4 Å². The third-order valence-corrected chi connectivity index (χ3v) is 4.91. The predicted molar refractivity (Wildman–Crippen MR) is 93.3 cm³/mol. The van der Waals surface area contributed by atoms with Gasteiger partial charge in [-0.25, -0.2) is 0 Å². The second-order valence-electron chi connectivity index (χ2n) is 6.52. The van der Waals surface area contributed by atoms with Crippen LogP contribution in [0.5, 0.6) is 0 Å². The average molecular weight is 329 g/mol. The summed E-state index contributed by atoms with van der Waals surface area (Å²) in [6.07, 6.45) is 1.85. The number of aliphatic hydroxyl groups excluding tert-OH is 1. The number of carbonyl (C=O) groups excluding carboxylic acids is 1. The minimum absolute atomic E-state index is 0.0796. The van der Waals surface area contributed by atoms with Crippen LogP contribution in [0.15, 0.2) is 30.3 Å². The van der Waals surface area contributed by atoms with E-state index >= 15 is 0 Å². The summed E-state index contributed by atoms with van der Waals surface area (Å²) >= 11 is 0. The van der Waals surface area contributed by atoms with Gasteiger partial charge in [0.25, 0.3) is 0 Å². The zero-order valence-electron chi connectivity index (χ0n) is 14.4. The fourth-order valence-electron chi connectivity index (χ4n) is 3.42. The van der Waals surface area contributed by atoms with Crippen molar-refractivity contribution in [1.82, 2.24) is 9.80 Å². The van der Waals surface area contributed by atoms with Crippen molar-refractivity contribution in [2.75, 3.05) is 39.8 Å². The van der Waals surface area contributed by atoms with Crippen LogP contribution in [0.4, 0.5) is 0 Å². The molecule has 2 rings (SSSR count). The van der Waals surface area contributed by atoms with Crippen LogP contribution in [0.2, 0.25) is 0 Å². The van der Waals surface area contributed by atoms with E-state index in [0.717, 1.165) is 19.5 Å². The fraction of sp³-hybridized carbons (Fsp3) is 0.579. The largest absolute Gasteiger partial charge is 0.396 e. The van der Waals surface area contributed by atoms with Crippen LogP contribution in [0, 0.1) is 17.2 Å². The monoisotopic (exact) mass is 329 g/mol. The predicted octanol–water partition coefficient (Wildman–Crippen LogP) is 1.85. The van der Waals surface area contributed by atoms with E-state index in [9.17, 15) is 9.90 Å². The zero-order valence-corrected chi connectivity index (χ0v) is 14.4. The molecule has 1 aromatic rings. The normalized spacial score (nSPS) is 21.2. The van der Waals surface area contributed by atoms with Crippen LogP contribution in [-0.4, -0.2) is 60.6 Å². The maximum atomic E-state index is 12.1. The molecule has 0 bridgehead atoms. The number of piperidine rings is 1. The van der Waals surface area contributed by atoms with Gasteiger partial charge in [0.2, 0.25) is 5.91 Å². The maximum absolute atomic E-state index is 12.1. The van der Waals surface area contributed by atoms with Gasteiger partial charge in [0, 0.05) is 45.6 Å².